The van der Waals surface area contributed by atoms with Crippen LogP contribution in [0.15, 0.2) is 48.5 Å². The van der Waals surface area contributed by atoms with Crippen molar-refractivity contribution >= 4 is 21.6 Å². The molecule has 0 fully saturated rings. The number of hydrogen-bond acceptors (Lipinski definition) is 4. The number of rotatable bonds is 7. The number of carbonyl (C=O) groups excluding carboxylic acids is 1. The Morgan fingerprint density at radius 1 is 1.12 bits per heavy atom. The molecule has 2 rings (SSSR count). The monoisotopic (exact) mass is 348 g/mol. The minimum Gasteiger partial charge on any atom is -0.496 e. The molecule has 0 spiro atoms. The van der Waals surface area contributed by atoms with Gasteiger partial charge in [-0.2, -0.15) is 0 Å². The molecule has 0 saturated heterocycles. The van der Waals surface area contributed by atoms with Crippen molar-refractivity contribution in [1.29, 1.82) is 0 Å². The molecule has 0 radical (unpaired) electrons. The summed E-state index contributed by atoms with van der Waals surface area (Å²) in [6.07, 6.45) is 0. The Hall–Kier alpha value is -2.38. The number of carbonyl (C=O) groups is 1. The molecule has 0 aliphatic rings. The van der Waals surface area contributed by atoms with Crippen LogP contribution in [0.3, 0.4) is 0 Å². The number of anilines is 1. The maximum atomic E-state index is 12.2. The lowest BCUT2D eigenvalue weighted by Gasteiger charge is -2.12. The molecule has 24 heavy (non-hydrogen) atoms. The van der Waals surface area contributed by atoms with E-state index in [1.807, 2.05) is 6.07 Å². The molecule has 128 valence electrons. The lowest BCUT2D eigenvalue weighted by Crippen LogP contribution is -2.25. The van der Waals surface area contributed by atoms with Crippen LogP contribution < -0.4 is 14.8 Å². The molecule has 0 unspecified atom stereocenters. The Labute approximate surface area is 141 Å². The molecule has 2 N–H and O–H groups in total. The van der Waals surface area contributed by atoms with Crippen LogP contribution >= 0.6 is 0 Å². The molecule has 0 atom stereocenters. The first-order chi connectivity index (χ1) is 11.4. The van der Waals surface area contributed by atoms with Crippen LogP contribution in [0.25, 0.3) is 0 Å². The number of methoxy groups -OCH3 is 1. The van der Waals surface area contributed by atoms with Gasteiger partial charge in [-0.1, -0.05) is 30.3 Å². The van der Waals surface area contributed by atoms with E-state index in [0.717, 1.165) is 0 Å². The standard InChI is InChI=1S/C17H20N2O4S/c1-13(20)19-16-8-9-17(23-2)15(10-16)11-18-24(21,22)12-14-6-4-3-5-7-14/h3-10,18H,11-12H2,1-2H3,(H,19,20). The summed E-state index contributed by atoms with van der Waals surface area (Å²) in [6.45, 7) is 1.48. The van der Waals surface area contributed by atoms with Crippen molar-refractivity contribution in [2.45, 2.75) is 19.2 Å². The third-order valence-electron chi connectivity index (χ3n) is 3.28. The zero-order chi connectivity index (χ0) is 17.6. The van der Waals surface area contributed by atoms with E-state index in [2.05, 4.69) is 10.0 Å². The second kappa shape index (κ2) is 7.94. The Bertz CT molecular complexity index is 805. The SMILES string of the molecule is COc1ccc(NC(C)=O)cc1CNS(=O)(=O)Cc1ccccc1. The average Bonchev–Trinajstić information content (AvgIpc) is 2.53. The third kappa shape index (κ3) is 5.36. The minimum absolute atomic E-state index is 0.0752. The molecular formula is C17H20N2O4S. The lowest BCUT2D eigenvalue weighted by molar-refractivity contribution is -0.114. The summed E-state index contributed by atoms with van der Waals surface area (Å²) < 4.78 is 32.2. The van der Waals surface area contributed by atoms with Gasteiger partial charge in [-0.3, -0.25) is 4.79 Å². The highest BCUT2D eigenvalue weighted by Crippen LogP contribution is 2.23. The van der Waals surface area contributed by atoms with Crippen molar-refractivity contribution in [2.75, 3.05) is 12.4 Å². The first-order valence-corrected chi connectivity index (χ1v) is 9.00. The molecule has 7 heteroatoms. The molecule has 2 aromatic rings. The zero-order valence-electron chi connectivity index (χ0n) is 13.6. The van der Waals surface area contributed by atoms with Crippen molar-refractivity contribution in [1.82, 2.24) is 4.72 Å². The van der Waals surface area contributed by atoms with Gasteiger partial charge in [0.1, 0.15) is 5.75 Å². The summed E-state index contributed by atoms with van der Waals surface area (Å²) in [5, 5.41) is 2.66. The Balaban J connectivity index is 2.10. The molecule has 0 heterocycles. The Morgan fingerprint density at radius 3 is 2.46 bits per heavy atom. The Morgan fingerprint density at radius 2 is 1.83 bits per heavy atom. The number of hydrogen-bond donors (Lipinski definition) is 2. The van der Waals surface area contributed by atoms with Gasteiger partial charge in [0.15, 0.2) is 0 Å². The van der Waals surface area contributed by atoms with E-state index in [0.29, 0.717) is 22.6 Å². The third-order valence-corrected chi connectivity index (χ3v) is 4.58. The van der Waals surface area contributed by atoms with Crippen LogP contribution in [0.2, 0.25) is 0 Å². The first kappa shape index (κ1) is 18.0. The predicted octanol–water partition coefficient (Wildman–Crippen LogP) is 2.27. The van der Waals surface area contributed by atoms with Gasteiger partial charge in [0.25, 0.3) is 0 Å². The van der Waals surface area contributed by atoms with E-state index in [1.165, 1.54) is 14.0 Å². The number of benzene rings is 2. The molecule has 0 aliphatic carbocycles. The highest BCUT2D eigenvalue weighted by atomic mass is 32.2. The fraction of sp³-hybridized carbons (Fsp3) is 0.235. The predicted molar refractivity (Wildman–Crippen MR) is 93.2 cm³/mol. The first-order valence-electron chi connectivity index (χ1n) is 7.35. The summed E-state index contributed by atoms with van der Waals surface area (Å²) >= 11 is 0. The summed E-state index contributed by atoms with van der Waals surface area (Å²) in [5.74, 6) is 0.254. The van der Waals surface area contributed by atoms with Gasteiger partial charge in [0.05, 0.1) is 12.9 Å². The van der Waals surface area contributed by atoms with Gasteiger partial charge >= 0.3 is 0 Å². The molecule has 0 aromatic heterocycles. The van der Waals surface area contributed by atoms with E-state index in [4.69, 9.17) is 4.74 Å². The van der Waals surface area contributed by atoms with Crippen molar-refractivity contribution < 1.29 is 17.9 Å². The van der Waals surface area contributed by atoms with Gasteiger partial charge in [-0.05, 0) is 23.8 Å². The van der Waals surface area contributed by atoms with Crippen LogP contribution in [0.5, 0.6) is 5.75 Å². The van der Waals surface area contributed by atoms with Crippen LogP contribution in [-0.2, 0) is 27.1 Å². The van der Waals surface area contributed by atoms with E-state index < -0.39 is 10.0 Å². The quantitative estimate of drug-likeness (QED) is 0.804. The normalized spacial score (nSPS) is 11.1. The minimum atomic E-state index is -3.49. The Kier molecular flexibility index (Phi) is 5.94. The zero-order valence-corrected chi connectivity index (χ0v) is 14.4. The highest BCUT2D eigenvalue weighted by molar-refractivity contribution is 7.88. The number of nitrogens with one attached hydrogen (secondary N) is 2. The van der Waals surface area contributed by atoms with E-state index in [-0.39, 0.29) is 18.2 Å². The van der Waals surface area contributed by atoms with Crippen molar-refractivity contribution in [2.24, 2.45) is 0 Å². The van der Waals surface area contributed by atoms with Crippen LogP contribution in [0.4, 0.5) is 5.69 Å². The van der Waals surface area contributed by atoms with Gasteiger partial charge in [-0.25, -0.2) is 13.1 Å². The summed E-state index contributed by atoms with van der Waals surface area (Å²) in [7, 11) is -1.98. The number of amides is 1. The highest BCUT2D eigenvalue weighted by Gasteiger charge is 2.13. The van der Waals surface area contributed by atoms with Crippen LogP contribution in [0, 0.1) is 0 Å². The average molecular weight is 348 g/mol. The summed E-state index contributed by atoms with van der Waals surface area (Å²) in [6, 6.07) is 14.0. The molecule has 6 nitrogen and oxygen atoms in total. The topological polar surface area (TPSA) is 84.5 Å². The van der Waals surface area contributed by atoms with Crippen LogP contribution in [0.1, 0.15) is 18.1 Å². The number of sulfonamides is 1. The molecule has 0 saturated carbocycles. The summed E-state index contributed by atoms with van der Waals surface area (Å²) in [5.41, 5.74) is 1.94. The maximum Gasteiger partial charge on any atom is 0.221 e. The number of ether oxygens (including phenoxy) is 1. The van der Waals surface area contributed by atoms with E-state index >= 15 is 0 Å². The molecule has 1 amide bonds. The van der Waals surface area contributed by atoms with Crippen molar-refractivity contribution in [3.8, 4) is 5.75 Å². The molecule has 0 bridgehead atoms. The molecule has 2 aromatic carbocycles. The fourth-order valence-corrected chi connectivity index (χ4v) is 3.34. The summed E-state index contributed by atoms with van der Waals surface area (Å²) in [4.78, 5) is 11.1. The largest absolute Gasteiger partial charge is 0.496 e. The van der Waals surface area contributed by atoms with E-state index in [9.17, 15) is 13.2 Å². The second-order valence-corrected chi connectivity index (χ2v) is 7.08. The smallest absolute Gasteiger partial charge is 0.221 e. The van der Waals surface area contributed by atoms with Gasteiger partial charge in [-0.15, -0.1) is 0 Å². The van der Waals surface area contributed by atoms with Gasteiger partial charge < -0.3 is 10.1 Å². The van der Waals surface area contributed by atoms with E-state index in [1.54, 1.807) is 42.5 Å². The van der Waals surface area contributed by atoms with Gasteiger partial charge in [0, 0.05) is 24.7 Å². The fourth-order valence-electron chi connectivity index (χ4n) is 2.23. The van der Waals surface area contributed by atoms with Crippen molar-refractivity contribution in [3.05, 3.63) is 59.7 Å². The van der Waals surface area contributed by atoms with Gasteiger partial charge in [0.2, 0.25) is 15.9 Å². The van der Waals surface area contributed by atoms with Crippen molar-refractivity contribution in [3.63, 3.8) is 0 Å². The molecular weight excluding hydrogens is 328 g/mol. The second-order valence-electron chi connectivity index (χ2n) is 5.27. The maximum absolute atomic E-state index is 12.2. The van der Waals surface area contributed by atoms with Crippen LogP contribution in [-0.4, -0.2) is 21.4 Å². The lowest BCUT2D eigenvalue weighted by atomic mass is 10.2. The molecule has 0 aliphatic heterocycles.